The Morgan fingerprint density at radius 3 is 2.80 bits per heavy atom. The predicted octanol–water partition coefficient (Wildman–Crippen LogP) is 2.67. The molecule has 2 aliphatic rings. The van der Waals surface area contributed by atoms with E-state index in [1.54, 1.807) is 18.2 Å². The van der Waals surface area contributed by atoms with Crippen LogP contribution in [0.15, 0.2) is 35.9 Å². The van der Waals surface area contributed by atoms with Gasteiger partial charge in [-0.15, -0.1) is 0 Å². The van der Waals surface area contributed by atoms with Crippen LogP contribution in [0.2, 0.25) is 0 Å². The highest BCUT2D eigenvalue weighted by molar-refractivity contribution is 6.67. The van der Waals surface area contributed by atoms with Gasteiger partial charge in [0.15, 0.2) is 0 Å². The van der Waals surface area contributed by atoms with Gasteiger partial charge in [-0.05, 0) is 49.1 Å². The highest BCUT2D eigenvalue weighted by Gasteiger charge is 2.44. The molecule has 1 saturated heterocycles. The van der Waals surface area contributed by atoms with E-state index in [2.05, 4.69) is 0 Å². The molecular formula is C15H12ClNO3. The number of rotatable bonds is 2. The maximum atomic E-state index is 12.4. The number of carbonyl (C=O) groups excluding carboxylic acids is 3. The first-order chi connectivity index (χ1) is 9.59. The van der Waals surface area contributed by atoms with E-state index in [1.807, 2.05) is 6.08 Å². The van der Waals surface area contributed by atoms with Gasteiger partial charge in [0.2, 0.25) is 5.91 Å². The van der Waals surface area contributed by atoms with Crippen molar-refractivity contribution < 1.29 is 14.4 Å². The number of hydrogen-bond donors (Lipinski definition) is 0. The first-order valence-corrected chi connectivity index (χ1v) is 6.85. The van der Waals surface area contributed by atoms with Crippen molar-refractivity contribution >= 4 is 34.3 Å². The molecule has 102 valence electrons. The third-order valence-electron chi connectivity index (χ3n) is 3.74. The number of carbonyl (C=O) groups is 3. The number of hydrogen-bond acceptors (Lipinski definition) is 3. The fourth-order valence-corrected chi connectivity index (χ4v) is 2.88. The van der Waals surface area contributed by atoms with Crippen molar-refractivity contribution in [2.75, 3.05) is 4.90 Å². The second-order valence-corrected chi connectivity index (χ2v) is 5.29. The fraction of sp³-hybridized carbons (Fsp3) is 0.267. The van der Waals surface area contributed by atoms with E-state index in [1.165, 1.54) is 6.07 Å². The minimum absolute atomic E-state index is 0.208. The molecule has 3 rings (SSSR count). The Morgan fingerprint density at radius 1 is 1.30 bits per heavy atom. The molecule has 1 atom stereocenters. The smallest absolute Gasteiger partial charge is 0.261 e. The van der Waals surface area contributed by atoms with Gasteiger partial charge in [0, 0.05) is 11.1 Å². The first kappa shape index (κ1) is 13.1. The van der Waals surface area contributed by atoms with Gasteiger partial charge < -0.3 is 0 Å². The van der Waals surface area contributed by atoms with Gasteiger partial charge in [0.05, 0.1) is 11.6 Å². The summed E-state index contributed by atoms with van der Waals surface area (Å²) in [5.41, 5.74) is 1.26. The summed E-state index contributed by atoms with van der Waals surface area (Å²) in [5.74, 6) is -0.814. The molecule has 0 saturated carbocycles. The number of allylic oxidation sites excluding steroid dienone is 1. The molecule has 1 fully saturated rings. The Hall–Kier alpha value is -1.94. The van der Waals surface area contributed by atoms with Crippen LogP contribution in [0, 0.1) is 5.92 Å². The van der Waals surface area contributed by atoms with E-state index < -0.39 is 5.24 Å². The average molecular weight is 290 g/mol. The van der Waals surface area contributed by atoms with Crippen molar-refractivity contribution in [2.24, 2.45) is 5.92 Å². The largest absolute Gasteiger partial charge is 0.276 e. The van der Waals surface area contributed by atoms with Gasteiger partial charge in [-0.25, -0.2) is 4.90 Å². The number of anilines is 1. The van der Waals surface area contributed by atoms with Gasteiger partial charge in [-0.2, -0.15) is 0 Å². The van der Waals surface area contributed by atoms with E-state index in [0.29, 0.717) is 17.7 Å². The molecule has 4 nitrogen and oxygen atoms in total. The summed E-state index contributed by atoms with van der Waals surface area (Å²) in [5, 5.41) is -0.609. The molecule has 0 spiro atoms. The molecule has 1 unspecified atom stereocenters. The number of fused-ring (bicyclic) bond motifs is 1. The predicted molar refractivity (Wildman–Crippen MR) is 74.5 cm³/mol. The van der Waals surface area contributed by atoms with Crippen molar-refractivity contribution in [3.05, 3.63) is 41.5 Å². The monoisotopic (exact) mass is 289 g/mol. The molecule has 0 radical (unpaired) electrons. The lowest BCUT2D eigenvalue weighted by Gasteiger charge is -2.15. The molecule has 0 aromatic heterocycles. The molecule has 1 heterocycles. The van der Waals surface area contributed by atoms with Crippen LogP contribution in [0.5, 0.6) is 0 Å². The van der Waals surface area contributed by atoms with Gasteiger partial charge in [-0.1, -0.05) is 12.1 Å². The van der Waals surface area contributed by atoms with Crippen LogP contribution in [0.25, 0.3) is 0 Å². The van der Waals surface area contributed by atoms with Crippen LogP contribution in [0.1, 0.15) is 29.6 Å². The van der Waals surface area contributed by atoms with Gasteiger partial charge in [0.1, 0.15) is 0 Å². The van der Waals surface area contributed by atoms with Crippen LogP contribution in [0.4, 0.5) is 5.69 Å². The lowest BCUT2D eigenvalue weighted by atomic mass is 9.90. The zero-order valence-corrected chi connectivity index (χ0v) is 11.4. The van der Waals surface area contributed by atoms with Gasteiger partial charge >= 0.3 is 0 Å². The fourth-order valence-electron chi connectivity index (χ4n) is 2.77. The van der Waals surface area contributed by atoms with Crippen LogP contribution >= 0.6 is 11.6 Å². The minimum atomic E-state index is -0.609. The second kappa shape index (κ2) is 4.87. The Kier molecular flexibility index (Phi) is 3.18. The summed E-state index contributed by atoms with van der Waals surface area (Å²) in [6, 6.07) is 6.28. The van der Waals surface area contributed by atoms with Crippen molar-refractivity contribution in [3.63, 3.8) is 0 Å². The minimum Gasteiger partial charge on any atom is -0.276 e. The van der Waals surface area contributed by atoms with E-state index in [4.69, 9.17) is 11.6 Å². The lowest BCUT2D eigenvalue weighted by molar-refractivity contribution is -0.122. The summed E-state index contributed by atoms with van der Waals surface area (Å²) >= 11 is 5.44. The highest BCUT2D eigenvalue weighted by atomic mass is 35.5. The summed E-state index contributed by atoms with van der Waals surface area (Å²) in [6.07, 6.45) is 4.31. The number of benzene rings is 1. The molecule has 20 heavy (non-hydrogen) atoms. The Balaban J connectivity index is 2.02. The molecule has 1 aliphatic heterocycles. The summed E-state index contributed by atoms with van der Waals surface area (Å²) < 4.78 is 0. The molecule has 1 aromatic rings. The second-order valence-electron chi connectivity index (χ2n) is 4.95. The number of imide groups is 1. The maximum Gasteiger partial charge on any atom is 0.261 e. The van der Waals surface area contributed by atoms with E-state index >= 15 is 0 Å². The number of amides is 2. The first-order valence-electron chi connectivity index (χ1n) is 6.48. The van der Waals surface area contributed by atoms with Crippen LogP contribution in [0.3, 0.4) is 0 Å². The molecule has 5 heteroatoms. The van der Waals surface area contributed by atoms with Crippen molar-refractivity contribution in [1.82, 2.24) is 0 Å². The Bertz CT molecular complexity index is 650. The molecular weight excluding hydrogens is 278 g/mol. The molecule has 1 aliphatic carbocycles. The van der Waals surface area contributed by atoms with Crippen molar-refractivity contribution in [2.45, 2.75) is 19.3 Å². The normalized spacial score (nSPS) is 21.8. The molecule has 1 aromatic carbocycles. The molecule has 0 bridgehead atoms. The quantitative estimate of drug-likeness (QED) is 0.621. The van der Waals surface area contributed by atoms with Crippen molar-refractivity contribution in [1.29, 1.82) is 0 Å². The topological polar surface area (TPSA) is 54.5 Å². The summed E-state index contributed by atoms with van der Waals surface area (Å²) in [4.78, 5) is 37.1. The Labute approximate surface area is 121 Å². The zero-order valence-electron chi connectivity index (χ0n) is 10.6. The van der Waals surface area contributed by atoms with Crippen molar-refractivity contribution in [3.8, 4) is 0 Å². The number of halogens is 1. The van der Waals surface area contributed by atoms with E-state index in [0.717, 1.165) is 17.7 Å². The van der Waals surface area contributed by atoms with E-state index in [9.17, 15) is 14.4 Å². The standard InChI is InChI=1S/C15H12ClNO3/c16-13(18)9-4-3-5-10(8-9)17-14(19)11-6-1-2-7-12(11)15(17)20/h3-6,8,12H,1-2,7H2. The van der Waals surface area contributed by atoms with Gasteiger partial charge in [-0.3, -0.25) is 14.4 Å². The summed E-state index contributed by atoms with van der Waals surface area (Å²) in [6.45, 7) is 0. The third-order valence-corrected chi connectivity index (χ3v) is 3.95. The molecule has 2 amide bonds. The summed E-state index contributed by atoms with van der Waals surface area (Å²) in [7, 11) is 0. The lowest BCUT2D eigenvalue weighted by Crippen LogP contribution is -2.30. The zero-order chi connectivity index (χ0) is 14.3. The van der Waals surface area contributed by atoms with Crippen LogP contribution in [-0.2, 0) is 9.59 Å². The van der Waals surface area contributed by atoms with Crippen LogP contribution < -0.4 is 4.90 Å². The van der Waals surface area contributed by atoms with Crippen LogP contribution in [-0.4, -0.2) is 17.1 Å². The SMILES string of the molecule is O=C(Cl)c1cccc(N2C(=O)C3=CCCCC3C2=O)c1. The Morgan fingerprint density at radius 2 is 2.10 bits per heavy atom. The van der Waals surface area contributed by atoms with E-state index in [-0.39, 0.29) is 23.3 Å². The molecule has 0 N–H and O–H groups in total. The third kappa shape index (κ3) is 1.96. The van der Waals surface area contributed by atoms with Gasteiger partial charge in [0.25, 0.3) is 11.1 Å². The average Bonchev–Trinajstić information content (AvgIpc) is 2.72. The maximum absolute atomic E-state index is 12.4. The highest BCUT2D eigenvalue weighted by Crippen LogP contribution is 2.36. The number of nitrogens with zero attached hydrogens (tertiary/aromatic N) is 1.